The summed E-state index contributed by atoms with van der Waals surface area (Å²) in [7, 11) is 0. The van der Waals surface area contributed by atoms with Crippen molar-refractivity contribution in [2.75, 3.05) is 25.0 Å². The van der Waals surface area contributed by atoms with Gasteiger partial charge in [0.05, 0.1) is 19.1 Å². The molecule has 2 rings (SSSR count). The monoisotopic (exact) mass is 252 g/mol. The Morgan fingerprint density at radius 1 is 1.61 bits per heavy atom. The van der Waals surface area contributed by atoms with Gasteiger partial charge in [0.15, 0.2) is 0 Å². The van der Waals surface area contributed by atoms with Gasteiger partial charge >= 0.3 is 0 Å². The first-order chi connectivity index (χ1) is 8.65. The number of hydrogen-bond acceptors (Lipinski definition) is 3. The fourth-order valence-corrected chi connectivity index (χ4v) is 1.89. The minimum absolute atomic E-state index is 0.0831. The summed E-state index contributed by atoms with van der Waals surface area (Å²) in [5, 5.41) is 5.91. The van der Waals surface area contributed by atoms with E-state index >= 15 is 0 Å². The lowest BCUT2D eigenvalue weighted by atomic mass is 10.2. The zero-order valence-electron chi connectivity index (χ0n) is 10.3. The van der Waals surface area contributed by atoms with Gasteiger partial charge in [0.2, 0.25) is 5.91 Å². The van der Waals surface area contributed by atoms with Crippen LogP contribution in [0.2, 0.25) is 0 Å². The van der Waals surface area contributed by atoms with Crippen molar-refractivity contribution in [1.29, 1.82) is 0 Å². The highest BCUT2D eigenvalue weighted by atomic mass is 19.1. The number of benzene rings is 1. The van der Waals surface area contributed by atoms with E-state index in [0.29, 0.717) is 30.8 Å². The molecule has 0 radical (unpaired) electrons. The Balaban J connectivity index is 1.88. The standard InChI is InChI=1S/C13H17FN2O2/c1-9-6-10(2-3-12(9)14)16-13(17)7-11-8-15-4-5-18-11/h2-3,6,11,15H,4-5,7-8H2,1H3,(H,16,17). The lowest BCUT2D eigenvalue weighted by Crippen LogP contribution is -2.40. The maximum absolute atomic E-state index is 13.1. The fourth-order valence-electron chi connectivity index (χ4n) is 1.89. The smallest absolute Gasteiger partial charge is 0.227 e. The van der Waals surface area contributed by atoms with Crippen molar-refractivity contribution in [3.05, 3.63) is 29.6 Å². The van der Waals surface area contributed by atoms with Crippen LogP contribution < -0.4 is 10.6 Å². The molecule has 1 amide bonds. The highest BCUT2D eigenvalue weighted by Crippen LogP contribution is 2.14. The molecule has 0 bridgehead atoms. The number of nitrogens with one attached hydrogen (secondary N) is 2. The molecule has 1 aromatic rings. The number of amides is 1. The third-order valence-electron chi connectivity index (χ3n) is 2.86. The zero-order valence-corrected chi connectivity index (χ0v) is 10.3. The quantitative estimate of drug-likeness (QED) is 0.856. The molecule has 1 aliphatic heterocycles. The summed E-state index contributed by atoms with van der Waals surface area (Å²) < 4.78 is 18.5. The van der Waals surface area contributed by atoms with Gasteiger partial charge in [-0.15, -0.1) is 0 Å². The molecule has 1 fully saturated rings. The number of anilines is 1. The molecule has 5 heteroatoms. The molecule has 18 heavy (non-hydrogen) atoms. The second-order valence-electron chi connectivity index (χ2n) is 4.41. The van der Waals surface area contributed by atoms with Crippen molar-refractivity contribution in [3.8, 4) is 0 Å². The lowest BCUT2D eigenvalue weighted by molar-refractivity contribution is -0.119. The van der Waals surface area contributed by atoms with Crippen molar-refractivity contribution >= 4 is 11.6 Å². The number of carbonyl (C=O) groups is 1. The first kappa shape index (κ1) is 13.0. The van der Waals surface area contributed by atoms with Gasteiger partial charge in [-0.05, 0) is 30.7 Å². The SMILES string of the molecule is Cc1cc(NC(=O)CC2CNCCO2)ccc1F. The highest BCUT2D eigenvalue weighted by Gasteiger charge is 2.17. The van der Waals surface area contributed by atoms with E-state index in [1.807, 2.05) is 0 Å². The van der Waals surface area contributed by atoms with Crippen LogP contribution in [0.15, 0.2) is 18.2 Å². The van der Waals surface area contributed by atoms with Crippen molar-refractivity contribution in [3.63, 3.8) is 0 Å². The maximum Gasteiger partial charge on any atom is 0.227 e. The molecular weight excluding hydrogens is 235 g/mol. The third kappa shape index (κ3) is 3.51. The zero-order chi connectivity index (χ0) is 13.0. The number of hydrogen-bond donors (Lipinski definition) is 2. The average Bonchev–Trinajstić information content (AvgIpc) is 2.35. The van der Waals surface area contributed by atoms with E-state index in [4.69, 9.17) is 4.74 Å². The summed E-state index contributed by atoms with van der Waals surface area (Å²) in [6.45, 7) is 3.82. The van der Waals surface area contributed by atoms with Crippen LogP contribution in [-0.4, -0.2) is 31.7 Å². The first-order valence-electron chi connectivity index (χ1n) is 6.03. The highest BCUT2D eigenvalue weighted by molar-refractivity contribution is 5.91. The molecule has 1 heterocycles. The molecule has 1 atom stereocenters. The Morgan fingerprint density at radius 3 is 3.11 bits per heavy atom. The van der Waals surface area contributed by atoms with E-state index in [1.165, 1.54) is 6.07 Å². The molecular formula is C13H17FN2O2. The van der Waals surface area contributed by atoms with Gasteiger partial charge in [-0.2, -0.15) is 0 Å². The van der Waals surface area contributed by atoms with Gasteiger partial charge in [-0.1, -0.05) is 0 Å². The number of aryl methyl sites for hydroxylation is 1. The molecule has 1 aromatic carbocycles. The molecule has 0 aliphatic carbocycles. The lowest BCUT2D eigenvalue weighted by Gasteiger charge is -2.23. The predicted octanol–water partition coefficient (Wildman–Crippen LogP) is 1.45. The third-order valence-corrected chi connectivity index (χ3v) is 2.86. The number of carbonyl (C=O) groups excluding carboxylic acids is 1. The van der Waals surface area contributed by atoms with Crippen LogP contribution in [0.3, 0.4) is 0 Å². The van der Waals surface area contributed by atoms with Gasteiger partial charge in [0.25, 0.3) is 0 Å². The molecule has 1 aliphatic rings. The summed E-state index contributed by atoms with van der Waals surface area (Å²) in [5.41, 5.74) is 1.13. The van der Waals surface area contributed by atoms with Crippen LogP contribution in [0.25, 0.3) is 0 Å². The summed E-state index contributed by atoms with van der Waals surface area (Å²) in [5.74, 6) is -0.387. The molecule has 98 valence electrons. The van der Waals surface area contributed by atoms with Crippen molar-refractivity contribution in [2.24, 2.45) is 0 Å². The Labute approximate surface area is 106 Å². The average molecular weight is 252 g/mol. The molecule has 0 spiro atoms. The van der Waals surface area contributed by atoms with Gasteiger partial charge in [0, 0.05) is 18.8 Å². The normalized spacial score (nSPS) is 19.6. The summed E-state index contributed by atoms with van der Waals surface area (Å²) in [4.78, 5) is 11.8. The van der Waals surface area contributed by atoms with E-state index in [9.17, 15) is 9.18 Å². The van der Waals surface area contributed by atoms with Crippen LogP contribution in [0, 0.1) is 12.7 Å². The second-order valence-corrected chi connectivity index (χ2v) is 4.41. The molecule has 1 saturated heterocycles. The number of morpholine rings is 1. The predicted molar refractivity (Wildman–Crippen MR) is 67.0 cm³/mol. The van der Waals surface area contributed by atoms with Crippen molar-refractivity contribution < 1.29 is 13.9 Å². The Kier molecular flexibility index (Phi) is 4.28. The number of ether oxygens (including phenoxy) is 1. The van der Waals surface area contributed by atoms with Crippen LogP contribution in [0.4, 0.5) is 10.1 Å². The van der Waals surface area contributed by atoms with E-state index in [-0.39, 0.29) is 17.8 Å². The van der Waals surface area contributed by atoms with Crippen LogP contribution in [0.1, 0.15) is 12.0 Å². The molecule has 0 aromatic heterocycles. The second kappa shape index (κ2) is 5.93. The Hall–Kier alpha value is -1.46. The van der Waals surface area contributed by atoms with Crippen LogP contribution in [0.5, 0.6) is 0 Å². The maximum atomic E-state index is 13.1. The molecule has 0 saturated carbocycles. The van der Waals surface area contributed by atoms with E-state index in [2.05, 4.69) is 10.6 Å². The summed E-state index contributed by atoms with van der Waals surface area (Å²) in [6.07, 6.45) is 0.226. The number of rotatable bonds is 3. The fraction of sp³-hybridized carbons (Fsp3) is 0.462. The van der Waals surface area contributed by atoms with E-state index in [0.717, 1.165) is 6.54 Å². The Morgan fingerprint density at radius 2 is 2.44 bits per heavy atom. The first-order valence-corrected chi connectivity index (χ1v) is 6.03. The van der Waals surface area contributed by atoms with E-state index in [1.54, 1.807) is 19.1 Å². The van der Waals surface area contributed by atoms with Crippen LogP contribution in [-0.2, 0) is 9.53 Å². The van der Waals surface area contributed by atoms with Gasteiger partial charge < -0.3 is 15.4 Å². The van der Waals surface area contributed by atoms with Crippen LogP contribution >= 0.6 is 0 Å². The van der Waals surface area contributed by atoms with Crippen molar-refractivity contribution in [1.82, 2.24) is 5.32 Å². The largest absolute Gasteiger partial charge is 0.375 e. The van der Waals surface area contributed by atoms with Crippen molar-refractivity contribution in [2.45, 2.75) is 19.4 Å². The van der Waals surface area contributed by atoms with Gasteiger partial charge in [-0.25, -0.2) is 4.39 Å². The van der Waals surface area contributed by atoms with Gasteiger partial charge in [0.1, 0.15) is 5.82 Å². The minimum Gasteiger partial charge on any atom is -0.375 e. The molecule has 1 unspecified atom stereocenters. The number of halogens is 1. The molecule has 2 N–H and O–H groups in total. The summed E-state index contributed by atoms with van der Waals surface area (Å²) in [6, 6.07) is 4.52. The Bertz CT molecular complexity index is 431. The minimum atomic E-state index is -0.271. The summed E-state index contributed by atoms with van der Waals surface area (Å²) >= 11 is 0. The van der Waals surface area contributed by atoms with E-state index < -0.39 is 0 Å². The topological polar surface area (TPSA) is 50.4 Å². The van der Waals surface area contributed by atoms with Gasteiger partial charge in [-0.3, -0.25) is 4.79 Å². The molecule has 4 nitrogen and oxygen atoms in total.